The first-order chi connectivity index (χ1) is 15.5. The van der Waals surface area contributed by atoms with E-state index in [1.165, 1.54) is 28.4 Å². The molecule has 0 saturated heterocycles. The van der Waals surface area contributed by atoms with Crippen LogP contribution in [0, 0.1) is 11.3 Å². The number of guanidine groups is 1. The van der Waals surface area contributed by atoms with E-state index >= 15 is 0 Å². The van der Waals surface area contributed by atoms with E-state index in [1.54, 1.807) is 25.2 Å². The van der Waals surface area contributed by atoms with Gasteiger partial charge in [0.15, 0.2) is 15.8 Å². The number of benzene rings is 2. The van der Waals surface area contributed by atoms with Gasteiger partial charge in [0.1, 0.15) is 5.54 Å². The van der Waals surface area contributed by atoms with Crippen molar-refractivity contribution in [3.8, 4) is 17.2 Å². The van der Waals surface area contributed by atoms with Crippen LogP contribution in [0.2, 0.25) is 0 Å². The molecule has 2 aromatic carbocycles. The second-order valence-corrected chi connectivity index (χ2v) is 11.1. The molecule has 2 N–H and O–H groups in total. The van der Waals surface area contributed by atoms with E-state index in [9.17, 15) is 18.5 Å². The van der Waals surface area contributed by atoms with E-state index in [2.05, 4.69) is 6.07 Å². The highest BCUT2D eigenvalue weighted by molar-refractivity contribution is 7.90. The van der Waals surface area contributed by atoms with Gasteiger partial charge in [-0.25, -0.2) is 13.4 Å². The van der Waals surface area contributed by atoms with Crippen LogP contribution in [0.1, 0.15) is 28.8 Å². The van der Waals surface area contributed by atoms with Crippen molar-refractivity contribution in [1.82, 2.24) is 4.90 Å². The number of hydrogen-bond donors (Lipinski definition) is 1. The zero-order valence-corrected chi connectivity index (χ0v) is 19.9. The zero-order valence-electron chi connectivity index (χ0n) is 18.3. The summed E-state index contributed by atoms with van der Waals surface area (Å²) in [5.74, 6) is -0.799. The number of likely N-dealkylation sites (N-methyl/N-ethyl adjacent to an activating group) is 1. The first-order valence-electron chi connectivity index (χ1n) is 10.1. The van der Waals surface area contributed by atoms with Gasteiger partial charge in [0.25, 0.3) is 0 Å². The van der Waals surface area contributed by atoms with E-state index in [-0.39, 0.29) is 16.8 Å². The van der Waals surface area contributed by atoms with Gasteiger partial charge in [-0.1, -0.05) is 24.3 Å². The predicted octanol–water partition coefficient (Wildman–Crippen LogP) is 3.48. The van der Waals surface area contributed by atoms with Crippen molar-refractivity contribution in [2.45, 2.75) is 23.3 Å². The van der Waals surface area contributed by atoms with Crippen LogP contribution in [0.5, 0.6) is 0 Å². The summed E-state index contributed by atoms with van der Waals surface area (Å²) >= 11 is 1.46. The molecule has 1 aromatic heterocycles. The van der Waals surface area contributed by atoms with E-state index in [0.717, 1.165) is 22.3 Å². The molecular weight excluding hydrogens is 456 g/mol. The number of carbonyl (C=O) groups is 1. The lowest BCUT2D eigenvalue weighted by atomic mass is 9.77. The number of nitrogens with zero attached hydrogens (tertiary/aromatic N) is 3. The lowest BCUT2D eigenvalue weighted by molar-refractivity contribution is -0.130. The van der Waals surface area contributed by atoms with Gasteiger partial charge in [-0.05, 0) is 59.3 Å². The van der Waals surface area contributed by atoms with Gasteiger partial charge >= 0.3 is 0 Å². The summed E-state index contributed by atoms with van der Waals surface area (Å²) in [5.41, 5.74) is 8.14. The maximum absolute atomic E-state index is 13.4. The van der Waals surface area contributed by atoms with Crippen LogP contribution in [0.15, 0.2) is 69.9 Å². The molecule has 0 aliphatic carbocycles. The van der Waals surface area contributed by atoms with Gasteiger partial charge < -0.3 is 5.73 Å². The Hall–Kier alpha value is -3.48. The molecule has 3 aromatic rings. The molecule has 1 aliphatic heterocycles. The maximum Gasteiger partial charge on any atom is 0.239 e. The minimum absolute atomic E-state index is 0.118. The highest BCUT2D eigenvalue weighted by atomic mass is 32.2. The first-order valence-corrected chi connectivity index (χ1v) is 12.8. The Morgan fingerprint density at radius 1 is 1.15 bits per heavy atom. The molecule has 0 unspecified atom stereocenters. The Labute approximate surface area is 196 Å². The molecule has 1 aliphatic rings. The second kappa shape index (κ2) is 8.14. The van der Waals surface area contributed by atoms with Crippen LogP contribution in [-0.4, -0.2) is 38.5 Å². The third kappa shape index (κ3) is 4.03. The highest BCUT2D eigenvalue weighted by Gasteiger charge is 2.48. The van der Waals surface area contributed by atoms with E-state index in [0.29, 0.717) is 11.1 Å². The van der Waals surface area contributed by atoms with Crippen molar-refractivity contribution < 1.29 is 13.2 Å². The zero-order chi connectivity index (χ0) is 24.0. The van der Waals surface area contributed by atoms with Crippen LogP contribution in [-0.2, 0) is 20.2 Å². The van der Waals surface area contributed by atoms with Gasteiger partial charge in [-0.15, -0.1) is 11.3 Å². The molecule has 4 rings (SSSR count). The number of nitriles is 1. The van der Waals surface area contributed by atoms with Crippen LogP contribution >= 0.6 is 11.3 Å². The number of amides is 1. The molecule has 0 saturated carbocycles. The SMILES string of the molecule is CN1C(=O)[C@H](c2ccc(S(C)(=O)=O)cc2)[C@@](C)(c2cc(-c3cccc(C#N)c3)cs2)N=C1N. The summed E-state index contributed by atoms with van der Waals surface area (Å²) in [4.78, 5) is 20.4. The lowest BCUT2D eigenvalue weighted by Gasteiger charge is -2.40. The van der Waals surface area contributed by atoms with Crippen molar-refractivity contribution >= 4 is 33.0 Å². The molecule has 0 spiro atoms. The number of rotatable bonds is 4. The monoisotopic (exact) mass is 478 g/mol. The van der Waals surface area contributed by atoms with Gasteiger partial charge in [0.2, 0.25) is 5.91 Å². The molecule has 7 nitrogen and oxygen atoms in total. The van der Waals surface area contributed by atoms with Crippen LogP contribution < -0.4 is 5.73 Å². The van der Waals surface area contributed by atoms with Gasteiger partial charge in [-0.3, -0.25) is 9.69 Å². The molecule has 168 valence electrons. The topological polar surface area (TPSA) is 117 Å². The Balaban J connectivity index is 1.83. The fraction of sp³-hybridized carbons (Fsp3) is 0.208. The Bertz CT molecular complexity index is 1420. The summed E-state index contributed by atoms with van der Waals surface area (Å²) in [5, 5.41) is 11.2. The standard InChI is InChI=1S/C24H22N4O3S2/c1-24(20-12-18(14-32-20)17-6-4-5-15(11-17)13-25)21(22(29)28(2)23(26)27-24)16-7-9-19(10-8-16)33(3,30)31/h4-12,14,21H,1-3H3,(H2,26,27)/t21-,24+/m0/s1. The number of hydrogen-bond acceptors (Lipinski definition) is 7. The minimum Gasteiger partial charge on any atom is -0.369 e. The van der Waals surface area contributed by atoms with Crippen molar-refractivity contribution in [3.05, 3.63) is 76.0 Å². The van der Waals surface area contributed by atoms with Crippen LogP contribution in [0.3, 0.4) is 0 Å². The van der Waals surface area contributed by atoms with Crippen molar-refractivity contribution in [2.75, 3.05) is 13.3 Å². The third-order valence-corrected chi connectivity index (χ3v) is 8.18. The normalized spacial score (nSPS) is 20.9. The summed E-state index contributed by atoms with van der Waals surface area (Å²) in [6.45, 7) is 1.86. The molecular formula is C24H22N4O3S2. The average molecular weight is 479 g/mol. The lowest BCUT2D eigenvalue weighted by Crippen LogP contribution is -2.52. The molecule has 0 fully saturated rings. The number of thiophene rings is 1. The summed E-state index contributed by atoms with van der Waals surface area (Å²) in [6.07, 6.45) is 1.14. The molecule has 0 radical (unpaired) electrons. The average Bonchev–Trinajstić information content (AvgIpc) is 3.29. The second-order valence-electron chi connectivity index (χ2n) is 8.18. The van der Waals surface area contributed by atoms with E-state index in [4.69, 9.17) is 10.7 Å². The van der Waals surface area contributed by atoms with Crippen molar-refractivity contribution in [1.29, 1.82) is 5.26 Å². The quantitative estimate of drug-likeness (QED) is 0.616. The summed E-state index contributed by atoms with van der Waals surface area (Å²) in [7, 11) is -1.79. The Morgan fingerprint density at radius 2 is 1.85 bits per heavy atom. The van der Waals surface area contributed by atoms with Gasteiger partial charge in [0.05, 0.1) is 22.4 Å². The smallest absolute Gasteiger partial charge is 0.239 e. The fourth-order valence-electron chi connectivity index (χ4n) is 4.02. The number of nitrogens with two attached hydrogens (primary N) is 1. The summed E-state index contributed by atoms with van der Waals surface area (Å²) < 4.78 is 23.8. The fourth-order valence-corrected chi connectivity index (χ4v) is 5.70. The summed E-state index contributed by atoms with van der Waals surface area (Å²) in [6, 6.07) is 17.8. The van der Waals surface area contributed by atoms with E-state index < -0.39 is 21.3 Å². The predicted molar refractivity (Wildman–Crippen MR) is 129 cm³/mol. The highest BCUT2D eigenvalue weighted by Crippen LogP contribution is 2.47. The molecule has 1 amide bonds. The number of carbonyl (C=O) groups excluding carboxylic acids is 1. The van der Waals surface area contributed by atoms with Gasteiger partial charge in [-0.2, -0.15) is 5.26 Å². The Morgan fingerprint density at radius 3 is 2.48 bits per heavy atom. The maximum atomic E-state index is 13.4. The first kappa shape index (κ1) is 22.7. The molecule has 9 heteroatoms. The molecule has 0 bridgehead atoms. The van der Waals surface area contributed by atoms with Crippen LogP contribution in [0.4, 0.5) is 0 Å². The number of aliphatic imine (C=N–C) groups is 1. The van der Waals surface area contributed by atoms with Crippen molar-refractivity contribution in [3.63, 3.8) is 0 Å². The third-order valence-electron chi connectivity index (χ3n) is 5.89. The minimum atomic E-state index is -3.36. The largest absolute Gasteiger partial charge is 0.369 e. The van der Waals surface area contributed by atoms with Gasteiger partial charge in [0, 0.05) is 18.2 Å². The van der Waals surface area contributed by atoms with E-state index in [1.807, 2.05) is 36.6 Å². The van der Waals surface area contributed by atoms with Crippen molar-refractivity contribution in [2.24, 2.45) is 10.7 Å². The Kier molecular flexibility index (Phi) is 5.60. The number of sulfone groups is 1. The molecule has 2 atom stereocenters. The molecule has 33 heavy (non-hydrogen) atoms. The molecule has 2 heterocycles. The van der Waals surface area contributed by atoms with Crippen LogP contribution in [0.25, 0.3) is 11.1 Å².